The zero-order valence-electron chi connectivity index (χ0n) is 13.9. The van der Waals surface area contributed by atoms with Crippen molar-refractivity contribution in [2.45, 2.75) is 34.2 Å². The third-order valence-electron chi connectivity index (χ3n) is 2.85. The van der Waals surface area contributed by atoms with Gasteiger partial charge in [0.1, 0.15) is 0 Å². The highest BCUT2D eigenvalue weighted by molar-refractivity contribution is 5.80. The lowest BCUT2D eigenvalue weighted by molar-refractivity contribution is 0.792. The second kappa shape index (κ2) is 9.50. The molecule has 0 aliphatic carbocycles. The largest absolute Gasteiger partial charge is 0.378 e. The number of aromatic nitrogens is 1. The van der Waals surface area contributed by atoms with Crippen LogP contribution < -0.4 is 5.32 Å². The topological polar surface area (TPSA) is 37.3 Å². The predicted molar refractivity (Wildman–Crippen MR) is 95.7 cm³/mol. The van der Waals surface area contributed by atoms with Gasteiger partial charge in [-0.1, -0.05) is 36.9 Å². The molecular weight excluding hydrogens is 270 g/mol. The van der Waals surface area contributed by atoms with Crippen LogP contribution in [-0.2, 0) is 6.54 Å². The molecule has 1 heterocycles. The molecule has 0 aliphatic rings. The Labute approximate surface area is 133 Å². The monoisotopic (exact) mass is 295 g/mol. The van der Waals surface area contributed by atoms with Crippen molar-refractivity contribution in [3.63, 3.8) is 0 Å². The Morgan fingerprint density at radius 1 is 1.27 bits per heavy atom. The Bertz CT molecular complexity index is 601. The zero-order chi connectivity index (χ0) is 16.4. The third kappa shape index (κ3) is 6.35. The van der Waals surface area contributed by atoms with Crippen LogP contribution in [0.3, 0.4) is 0 Å². The Hall–Kier alpha value is -2.42. The number of pyridine rings is 1. The molecule has 0 saturated heterocycles. The van der Waals surface area contributed by atoms with Gasteiger partial charge in [-0.05, 0) is 45.4 Å². The molecule has 116 valence electrons. The molecule has 3 heteroatoms. The van der Waals surface area contributed by atoms with Crippen LogP contribution in [0.2, 0.25) is 0 Å². The van der Waals surface area contributed by atoms with Crippen LogP contribution in [-0.4, -0.2) is 10.7 Å². The fraction of sp³-hybridized carbons (Fsp3) is 0.263. The van der Waals surface area contributed by atoms with Gasteiger partial charge in [0.2, 0.25) is 0 Å². The van der Waals surface area contributed by atoms with Crippen LogP contribution in [0.15, 0.2) is 77.2 Å². The first-order valence-electron chi connectivity index (χ1n) is 7.39. The number of nitrogens with one attached hydrogen (secondary N) is 1. The number of allylic oxidation sites excluding steroid dienone is 5. The fourth-order valence-corrected chi connectivity index (χ4v) is 1.79. The maximum atomic E-state index is 4.61. The van der Waals surface area contributed by atoms with Crippen molar-refractivity contribution in [3.8, 4) is 0 Å². The van der Waals surface area contributed by atoms with E-state index in [9.17, 15) is 0 Å². The molecule has 0 atom stereocenters. The molecule has 1 N–H and O–H groups in total. The van der Waals surface area contributed by atoms with Crippen molar-refractivity contribution in [1.82, 2.24) is 10.3 Å². The first-order valence-corrected chi connectivity index (χ1v) is 7.39. The summed E-state index contributed by atoms with van der Waals surface area (Å²) >= 11 is 0. The summed E-state index contributed by atoms with van der Waals surface area (Å²) < 4.78 is 0. The highest BCUT2D eigenvalue weighted by atomic mass is 14.9. The first-order chi connectivity index (χ1) is 10.5. The van der Waals surface area contributed by atoms with Crippen molar-refractivity contribution in [3.05, 3.63) is 77.9 Å². The molecule has 0 fully saturated rings. The average molecular weight is 295 g/mol. The van der Waals surface area contributed by atoms with E-state index < -0.39 is 0 Å². The van der Waals surface area contributed by atoms with Crippen LogP contribution in [0.25, 0.3) is 0 Å². The number of aliphatic imine (C=N–C) groups is 1. The van der Waals surface area contributed by atoms with Gasteiger partial charge in [-0.2, -0.15) is 0 Å². The van der Waals surface area contributed by atoms with E-state index >= 15 is 0 Å². The molecular formula is C19H25N3. The predicted octanol–water partition coefficient (Wildman–Crippen LogP) is 4.57. The van der Waals surface area contributed by atoms with Crippen LogP contribution in [0, 0.1) is 0 Å². The summed E-state index contributed by atoms with van der Waals surface area (Å²) in [7, 11) is 0. The molecule has 22 heavy (non-hydrogen) atoms. The van der Waals surface area contributed by atoms with E-state index in [4.69, 9.17) is 0 Å². The van der Waals surface area contributed by atoms with E-state index in [-0.39, 0.29) is 0 Å². The SMILES string of the molecule is C=C(NCc1ccccn1)\C(N=C(C)C)=C(C)/C=C\C=C/C. The summed E-state index contributed by atoms with van der Waals surface area (Å²) in [5.74, 6) is 0. The van der Waals surface area contributed by atoms with Crippen LogP contribution in [0.4, 0.5) is 0 Å². The van der Waals surface area contributed by atoms with Crippen LogP contribution in [0.1, 0.15) is 33.4 Å². The molecule has 0 unspecified atom stereocenters. The fourth-order valence-electron chi connectivity index (χ4n) is 1.79. The zero-order valence-corrected chi connectivity index (χ0v) is 13.9. The smallest absolute Gasteiger partial charge is 0.0883 e. The van der Waals surface area contributed by atoms with E-state index in [0.717, 1.165) is 28.4 Å². The van der Waals surface area contributed by atoms with E-state index in [0.29, 0.717) is 6.54 Å². The molecule has 0 aliphatic heterocycles. The average Bonchev–Trinajstić information content (AvgIpc) is 2.51. The van der Waals surface area contributed by atoms with Crippen LogP contribution in [0.5, 0.6) is 0 Å². The van der Waals surface area contributed by atoms with Crippen molar-refractivity contribution in [2.75, 3.05) is 0 Å². The second-order valence-electron chi connectivity index (χ2n) is 5.13. The van der Waals surface area contributed by atoms with E-state index in [1.807, 2.05) is 70.2 Å². The molecule has 0 spiro atoms. The molecule has 1 aromatic heterocycles. The molecule has 1 aromatic rings. The van der Waals surface area contributed by atoms with Gasteiger partial charge in [-0.25, -0.2) is 0 Å². The summed E-state index contributed by atoms with van der Waals surface area (Å²) in [6.07, 6.45) is 9.81. The van der Waals surface area contributed by atoms with Crippen molar-refractivity contribution in [1.29, 1.82) is 0 Å². The quantitative estimate of drug-likeness (QED) is 0.591. The van der Waals surface area contributed by atoms with Gasteiger partial charge in [0.15, 0.2) is 0 Å². The molecule has 0 amide bonds. The van der Waals surface area contributed by atoms with Crippen molar-refractivity contribution < 1.29 is 0 Å². The standard InChI is InChI=1S/C19H25N3/c1-6-7-8-11-16(4)19(22-15(2)3)17(5)21-14-18-12-9-10-13-20-18/h6-13,21H,5,14H2,1-4H3/b7-6-,11-8-,19-16+. The van der Waals surface area contributed by atoms with Gasteiger partial charge < -0.3 is 5.32 Å². The maximum Gasteiger partial charge on any atom is 0.0883 e. The summed E-state index contributed by atoms with van der Waals surface area (Å²) in [5, 5.41) is 3.30. The van der Waals surface area contributed by atoms with Gasteiger partial charge in [-0.15, -0.1) is 0 Å². The Balaban J connectivity index is 2.89. The molecule has 1 rings (SSSR count). The minimum absolute atomic E-state index is 0.632. The number of hydrogen-bond donors (Lipinski definition) is 1. The Morgan fingerprint density at radius 3 is 2.64 bits per heavy atom. The summed E-state index contributed by atoms with van der Waals surface area (Å²) in [5.41, 5.74) is 4.71. The van der Waals surface area contributed by atoms with Crippen molar-refractivity contribution >= 4 is 5.71 Å². The van der Waals surface area contributed by atoms with Gasteiger partial charge in [-0.3, -0.25) is 9.98 Å². The van der Waals surface area contributed by atoms with Gasteiger partial charge in [0, 0.05) is 11.9 Å². The van der Waals surface area contributed by atoms with Gasteiger partial charge >= 0.3 is 0 Å². The summed E-state index contributed by atoms with van der Waals surface area (Å²) in [6, 6.07) is 5.87. The van der Waals surface area contributed by atoms with E-state index in [2.05, 4.69) is 21.9 Å². The minimum Gasteiger partial charge on any atom is -0.378 e. The molecule has 0 aromatic carbocycles. The Morgan fingerprint density at radius 2 is 2.05 bits per heavy atom. The number of hydrogen-bond acceptors (Lipinski definition) is 3. The molecule has 0 saturated carbocycles. The first kappa shape index (κ1) is 17.6. The van der Waals surface area contributed by atoms with Crippen molar-refractivity contribution in [2.24, 2.45) is 4.99 Å². The highest BCUT2D eigenvalue weighted by Crippen LogP contribution is 2.15. The molecule has 0 bridgehead atoms. The summed E-state index contributed by atoms with van der Waals surface area (Å²) in [4.78, 5) is 8.90. The molecule has 3 nitrogen and oxygen atoms in total. The lowest BCUT2D eigenvalue weighted by atomic mass is 10.1. The van der Waals surface area contributed by atoms with Gasteiger partial charge in [0.05, 0.1) is 23.6 Å². The lowest BCUT2D eigenvalue weighted by Gasteiger charge is -2.12. The van der Waals surface area contributed by atoms with Gasteiger partial charge in [0.25, 0.3) is 0 Å². The Kier molecular flexibility index (Phi) is 7.62. The third-order valence-corrected chi connectivity index (χ3v) is 2.85. The van der Waals surface area contributed by atoms with E-state index in [1.54, 1.807) is 6.20 Å². The number of nitrogens with zero attached hydrogens (tertiary/aromatic N) is 2. The van der Waals surface area contributed by atoms with E-state index in [1.165, 1.54) is 0 Å². The normalized spacial score (nSPS) is 12.4. The minimum atomic E-state index is 0.632. The summed E-state index contributed by atoms with van der Waals surface area (Å²) in [6.45, 7) is 12.7. The molecule has 0 radical (unpaired) electrons. The van der Waals surface area contributed by atoms with Crippen LogP contribution >= 0.6 is 0 Å². The second-order valence-corrected chi connectivity index (χ2v) is 5.13. The highest BCUT2D eigenvalue weighted by Gasteiger charge is 2.05. The lowest BCUT2D eigenvalue weighted by Crippen LogP contribution is -2.15. The maximum absolute atomic E-state index is 4.61. The number of rotatable bonds is 7.